The molecular formula is C20H21N5O4S. The summed E-state index contributed by atoms with van der Waals surface area (Å²) < 4.78 is 28.2. The van der Waals surface area contributed by atoms with Crippen LogP contribution in [-0.4, -0.2) is 51.7 Å². The maximum absolute atomic E-state index is 12.0. The number of hydrogen-bond acceptors (Lipinski definition) is 7. The third-order valence-electron chi connectivity index (χ3n) is 6.03. The molecule has 3 aromatic rings. The van der Waals surface area contributed by atoms with E-state index in [2.05, 4.69) is 19.7 Å². The lowest BCUT2D eigenvalue weighted by Crippen LogP contribution is -2.29. The highest BCUT2D eigenvalue weighted by molar-refractivity contribution is 7.90. The van der Waals surface area contributed by atoms with E-state index in [1.165, 1.54) is 12.7 Å². The molecule has 4 atom stereocenters. The van der Waals surface area contributed by atoms with Crippen LogP contribution in [0.5, 0.6) is 0 Å². The van der Waals surface area contributed by atoms with Gasteiger partial charge in [-0.15, -0.1) is 0 Å². The number of benzene rings is 1. The van der Waals surface area contributed by atoms with Crippen LogP contribution in [-0.2, 0) is 16.4 Å². The minimum absolute atomic E-state index is 0.0887. The number of hydrogen-bond donors (Lipinski definition) is 3. The molecule has 2 aliphatic rings. The van der Waals surface area contributed by atoms with Gasteiger partial charge in [0.1, 0.15) is 29.3 Å². The van der Waals surface area contributed by atoms with Gasteiger partial charge in [-0.2, -0.15) is 0 Å². The van der Waals surface area contributed by atoms with Crippen molar-refractivity contribution < 1.29 is 18.6 Å². The SMILES string of the molecule is O=S1(=O)NC=Nc2cc(CC[C@H]3C[C@@H](n4ccc5cncnc54)[C@H](O)[C@@H]3O)ccc21. The molecular weight excluding hydrogens is 406 g/mol. The third kappa shape index (κ3) is 3.17. The smallest absolute Gasteiger partial charge is 0.264 e. The van der Waals surface area contributed by atoms with Crippen LogP contribution in [0.3, 0.4) is 0 Å². The number of nitrogens with one attached hydrogen (secondary N) is 1. The molecule has 0 bridgehead atoms. The van der Waals surface area contributed by atoms with E-state index in [1.54, 1.807) is 24.4 Å². The molecule has 10 heteroatoms. The number of aliphatic hydroxyl groups excluding tert-OH is 2. The van der Waals surface area contributed by atoms with Gasteiger partial charge in [-0.05, 0) is 48.9 Å². The summed E-state index contributed by atoms with van der Waals surface area (Å²) >= 11 is 0. The van der Waals surface area contributed by atoms with Gasteiger partial charge in [0.15, 0.2) is 0 Å². The molecule has 1 aromatic carbocycles. The number of aryl methyl sites for hydroxylation is 1. The third-order valence-corrected chi connectivity index (χ3v) is 7.37. The number of nitrogens with zero attached hydrogens (tertiary/aromatic N) is 4. The summed E-state index contributed by atoms with van der Waals surface area (Å²) in [4.78, 5) is 12.6. The quantitative estimate of drug-likeness (QED) is 0.575. The van der Waals surface area contributed by atoms with E-state index in [4.69, 9.17) is 0 Å². The molecule has 0 unspecified atom stereocenters. The minimum atomic E-state index is -3.54. The van der Waals surface area contributed by atoms with E-state index >= 15 is 0 Å². The zero-order valence-corrected chi connectivity index (χ0v) is 16.8. The Morgan fingerprint density at radius 1 is 1.20 bits per heavy atom. The van der Waals surface area contributed by atoms with Crippen molar-refractivity contribution in [2.75, 3.05) is 0 Å². The van der Waals surface area contributed by atoms with E-state index in [0.29, 0.717) is 24.9 Å². The molecule has 30 heavy (non-hydrogen) atoms. The molecule has 3 heterocycles. The molecule has 9 nitrogen and oxygen atoms in total. The molecule has 1 aliphatic carbocycles. The molecule has 1 saturated carbocycles. The number of rotatable bonds is 4. The Labute approximate surface area is 173 Å². The number of aromatic nitrogens is 3. The van der Waals surface area contributed by atoms with Crippen LogP contribution in [0.1, 0.15) is 24.4 Å². The molecule has 1 fully saturated rings. The first-order valence-electron chi connectivity index (χ1n) is 9.74. The Morgan fingerprint density at radius 3 is 2.93 bits per heavy atom. The first-order chi connectivity index (χ1) is 14.4. The minimum Gasteiger partial charge on any atom is -0.390 e. The van der Waals surface area contributed by atoms with E-state index in [9.17, 15) is 18.6 Å². The Hall–Kier alpha value is -2.82. The number of aliphatic hydroxyl groups is 2. The van der Waals surface area contributed by atoms with Gasteiger partial charge in [-0.1, -0.05) is 6.07 Å². The second kappa shape index (κ2) is 7.15. The van der Waals surface area contributed by atoms with E-state index < -0.39 is 22.2 Å². The molecule has 3 N–H and O–H groups in total. The van der Waals surface area contributed by atoms with Gasteiger partial charge >= 0.3 is 0 Å². The van der Waals surface area contributed by atoms with Crippen molar-refractivity contribution in [3.8, 4) is 0 Å². The van der Waals surface area contributed by atoms with Gasteiger partial charge in [-0.3, -0.25) is 4.72 Å². The normalized spacial score (nSPS) is 27.1. The second-order valence-electron chi connectivity index (χ2n) is 7.79. The Morgan fingerprint density at radius 2 is 2.07 bits per heavy atom. The molecule has 1 aliphatic heterocycles. The van der Waals surface area contributed by atoms with Crippen LogP contribution >= 0.6 is 0 Å². The van der Waals surface area contributed by atoms with Crippen molar-refractivity contribution in [2.24, 2.45) is 10.9 Å². The van der Waals surface area contributed by atoms with Crippen molar-refractivity contribution in [3.63, 3.8) is 0 Å². The van der Waals surface area contributed by atoms with Gasteiger partial charge in [0, 0.05) is 17.8 Å². The Bertz CT molecular complexity index is 1240. The standard InChI is InChI=1S/C20H21N5O4S/c26-18-13(3-1-12-2-4-17-15(7-12)22-11-24-30(17,28)29)8-16(19(18)27)25-6-5-14-9-21-10-23-20(14)25/h2,4-7,9-11,13,16,18-19,26-27H,1,3,8H2,(H,22,24)/t13-,16+,18+,19-/m0/s1. The first kappa shape index (κ1) is 19.2. The monoisotopic (exact) mass is 427 g/mol. The lowest BCUT2D eigenvalue weighted by atomic mass is 9.96. The summed E-state index contributed by atoms with van der Waals surface area (Å²) in [5, 5.41) is 22.2. The lowest BCUT2D eigenvalue weighted by molar-refractivity contribution is 0.00545. The van der Waals surface area contributed by atoms with Gasteiger partial charge in [0.2, 0.25) is 0 Å². The summed E-state index contributed by atoms with van der Waals surface area (Å²) in [7, 11) is -3.54. The van der Waals surface area contributed by atoms with Crippen LogP contribution in [0.2, 0.25) is 0 Å². The van der Waals surface area contributed by atoms with E-state index in [1.807, 2.05) is 16.8 Å². The lowest BCUT2D eigenvalue weighted by Gasteiger charge is -2.19. The first-order valence-corrected chi connectivity index (χ1v) is 11.2. The molecule has 156 valence electrons. The zero-order chi connectivity index (χ0) is 20.9. The van der Waals surface area contributed by atoms with E-state index in [0.717, 1.165) is 16.6 Å². The van der Waals surface area contributed by atoms with Gasteiger partial charge in [0.25, 0.3) is 10.0 Å². The zero-order valence-electron chi connectivity index (χ0n) is 16.0. The van der Waals surface area contributed by atoms with Gasteiger partial charge in [-0.25, -0.2) is 23.4 Å². The van der Waals surface area contributed by atoms with Gasteiger partial charge in [0.05, 0.1) is 17.8 Å². The fraction of sp³-hybridized carbons (Fsp3) is 0.350. The van der Waals surface area contributed by atoms with Crippen LogP contribution < -0.4 is 4.72 Å². The van der Waals surface area contributed by atoms with Crippen LogP contribution in [0, 0.1) is 5.92 Å². The highest BCUT2D eigenvalue weighted by atomic mass is 32.2. The van der Waals surface area contributed by atoms with Crippen molar-refractivity contribution in [1.82, 2.24) is 19.3 Å². The molecule has 2 aromatic heterocycles. The summed E-state index contributed by atoms with van der Waals surface area (Å²) in [6.07, 6.45) is 6.45. The fourth-order valence-corrected chi connectivity index (χ4v) is 5.41. The largest absolute Gasteiger partial charge is 0.390 e. The molecule has 5 rings (SSSR count). The summed E-state index contributed by atoms with van der Waals surface area (Å²) in [6.45, 7) is 0. The Kier molecular flexibility index (Phi) is 4.57. The average molecular weight is 427 g/mol. The summed E-state index contributed by atoms with van der Waals surface area (Å²) in [6, 6.07) is 6.72. The van der Waals surface area contributed by atoms with E-state index in [-0.39, 0.29) is 16.9 Å². The predicted octanol–water partition coefficient (Wildman–Crippen LogP) is 1.30. The number of fused-ring (bicyclic) bond motifs is 2. The summed E-state index contributed by atoms with van der Waals surface area (Å²) in [5.41, 5.74) is 2.09. The molecule has 0 radical (unpaired) electrons. The topological polar surface area (TPSA) is 130 Å². The highest BCUT2D eigenvalue weighted by Crippen LogP contribution is 2.39. The second-order valence-corrected chi connectivity index (χ2v) is 9.47. The maximum Gasteiger partial charge on any atom is 0.264 e. The van der Waals surface area contributed by atoms with Crippen molar-refractivity contribution in [2.45, 2.75) is 42.4 Å². The maximum atomic E-state index is 12.0. The summed E-state index contributed by atoms with van der Waals surface area (Å²) in [5.74, 6) is -0.0887. The van der Waals surface area contributed by atoms with Crippen molar-refractivity contribution in [1.29, 1.82) is 0 Å². The predicted molar refractivity (Wildman–Crippen MR) is 110 cm³/mol. The van der Waals surface area contributed by atoms with Crippen LogP contribution in [0.15, 0.2) is 52.9 Å². The van der Waals surface area contributed by atoms with Crippen molar-refractivity contribution in [3.05, 3.63) is 48.5 Å². The fourth-order valence-electron chi connectivity index (χ4n) is 4.46. The van der Waals surface area contributed by atoms with Crippen LogP contribution in [0.4, 0.5) is 5.69 Å². The average Bonchev–Trinajstić information content (AvgIpc) is 3.28. The van der Waals surface area contributed by atoms with Gasteiger partial charge < -0.3 is 14.8 Å². The Balaban J connectivity index is 1.32. The molecule has 0 spiro atoms. The van der Waals surface area contributed by atoms with Crippen molar-refractivity contribution >= 4 is 33.1 Å². The van der Waals surface area contributed by atoms with Crippen LogP contribution in [0.25, 0.3) is 11.0 Å². The molecule has 0 saturated heterocycles. The number of aliphatic imine (C=N–C) groups is 1. The number of sulfonamides is 1. The molecule has 0 amide bonds. The highest BCUT2D eigenvalue weighted by Gasteiger charge is 2.42.